The van der Waals surface area contributed by atoms with Gasteiger partial charge in [0.15, 0.2) is 5.01 Å². The van der Waals surface area contributed by atoms with Crippen LogP contribution in [0.3, 0.4) is 0 Å². The van der Waals surface area contributed by atoms with Gasteiger partial charge in [-0.15, -0.1) is 10.2 Å². The van der Waals surface area contributed by atoms with E-state index in [1.54, 1.807) is 13.0 Å². The van der Waals surface area contributed by atoms with Crippen LogP contribution >= 0.6 is 11.3 Å². The minimum atomic E-state index is -2.85. The molecule has 2 amide bonds. The number of anilines is 2. The van der Waals surface area contributed by atoms with Crippen molar-refractivity contribution in [3.8, 4) is 28.7 Å². The second kappa shape index (κ2) is 10.7. The van der Waals surface area contributed by atoms with Crippen LogP contribution in [-0.4, -0.2) is 44.8 Å². The third-order valence-corrected chi connectivity index (χ3v) is 7.26. The van der Waals surface area contributed by atoms with E-state index in [4.69, 9.17) is 4.74 Å². The quantitative estimate of drug-likeness (QED) is 0.363. The number of ether oxygens (including phenoxy) is 1. The summed E-state index contributed by atoms with van der Waals surface area (Å²) in [7, 11) is 1.36. The molecular weight excluding hydrogens is 528 g/mol. The molecule has 0 saturated heterocycles. The lowest BCUT2D eigenvalue weighted by Gasteiger charge is -2.39. The summed E-state index contributed by atoms with van der Waals surface area (Å²) in [6, 6.07) is 5.69. The summed E-state index contributed by atoms with van der Waals surface area (Å²) in [5.41, 5.74) is -0.450. The van der Waals surface area contributed by atoms with E-state index in [2.05, 4.69) is 37.7 Å². The van der Waals surface area contributed by atoms with Gasteiger partial charge in [0.1, 0.15) is 11.4 Å². The zero-order chi connectivity index (χ0) is 27.7. The topological polar surface area (TPSA) is 126 Å². The standard InChI is InChI=1S/C27H25F2N5O4S/c1-27(37)11-15(12-27)24(35)31-16-6-7-17(18(9-16)19-10-20(23(28)29)30-13-21(19)38-2)25(36)32-26-34-33-22(39-26)8-5-14-3-4-14/h6-7,9-10,13-15,23,37H,3-4,11-12H2,1-2H3,(H,31,35)(H,32,34,36). The number of hydrogen-bond donors (Lipinski definition) is 3. The first kappa shape index (κ1) is 26.6. The first-order chi connectivity index (χ1) is 18.6. The second-order valence-corrected chi connectivity index (χ2v) is 10.8. The van der Waals surface area contributed by atoms with Gasteiger partial charge in [-0.1, -0.05) is 17.3 Å². The number of rotatable bonds is 7. The summed E-state index contributed by atoms with van der Waals surface area (Å²) in [6.45, 7) is 1.67. The average Bonchev–Trinajstić information content (AvgIpc) is 3.62. The molecule has 2 fully saturated rings. The van der Waals surface area contributed by atoms with Crippen LogP contribution in [-0.2, 0) is 4.79 Å². The molecule has 9 nitrogen and oxygen atoms in total. The summed E-state index contributed by atoms with van der Waals surface area (Å²) >= 11 is 1.13. The van der Waals surface area contributed by atoms with Crippen LogP contribution in [0.5, 0.6) is 5.75 Å². The number of halogens is 2. The molecule has 2 heterocycles. The summed E-state index contributed by atoms with van der Waals surface area (Å²) in [6.07, 6.45) is 1.12. The molecule has 0 spiro atoms. The predicted molar refractivity (Wildman–Crippen MR) is 141 cm³/mol. The van der Waals surface area contributed by atoms with Gasteiger partial charge in [0.05, 0.1) is 18.9 Å². The molecule has 39 heavy (non-hydrogen) atoms. The number of aliphatic hydroxyl groups is 1. The Kier molecular flexibility index (Phi) is 7.29. The number of pyridine rings is 1. The van der Waals surface area contributed by atoms with Crippen molar-refractivity contribution in [3.05, 3.63) is 46.7 Å². The highest BCUT2D eigenvalue weighted by atomic mass is 32.1. The molecule has 202 valence electrons. The summed E-state index contributed by atoms with van der Waals surface area (Å²) in [4.78, 5) is 29.8. The van der Waals surface area contributed by atoms with E-state index in [9.17, 15) is 23.5 Å². The minimum Gasteiger partial charge on any atom is -0.494 e. The van der Waals surface area contributed by atoms with E-state index in [0.717, 1.165) is 36.4 Å². The third-order valence-electron chi connectivity index (χ3n) is 6.50. The van der Waals surface area contributed by atoms with Gasteiger partial charge < -0.3 is 15.2 Å². The molecule has 0 atom stereocenters. The van der Waals surface area contributed by atoms with Gasteiger partial charge in [0.2, 0.25) is 11.0 Å². The lowest BCUT2D eigenvalue weighted by molar-refractivity contribution is -0.133. The Morgan fingerprint density at radius 3 is 2.62 bits per heavy atom. The molecule has 2 saturated carbocycles. The predicted octanol–water partition coefficient (Wildman–Crippen LogP) is 4.66. The number of benzene rings is 1. The van der Waals surface area contributed by atoms with E-state index in [-0.39, 0.29) is 39.4 Å². The van der Waals surface area contributed by atoms with E-state index < -0.39 is 23.6 Å². The van der Waals surface area contributed by atoms with Crippen LogP contribution < -0.4 is 15.4 Å². The molecule has 0 aliphatic heterocycles. The van der Waals surface area contributed by atoms with Crippen molar-refractivity contribution in [1.29, 1.82) is 0 Å². The van der Waals surface area contributed by atoms with Crippen LogP contribution in [0.25, 0.3) is 11.1 Å². The lowest BCUT2D eigenvalue weighted by atomic mass is 9.72. The molecule has 1 aromatic carbocycles. The summed E-state index contributed by atoms with van der Waals surface area (Å²) < 4.78 is 32.4. The Labute approximate surface area is 227 Å². The fourth-order valence-corrected chi connectivity index (χ4v) is 4.91. The molecule has 5 rings (SSSR count). The zero-order valence-electron chi connectivity index (χ0n) is 21.1. The van der Waals surface area contributed by atoms with E-state index in [0.29, 0.717) is 29.5 Å². The fourth-order valence-electron chi connectivity index (χ4n) is 4.31. The van der Waals surface area contributed by atoms with E-state index in [1.807, 2.05) is 0 Å². The Hall–Kier alpha value is -3.95. The maximum Gasteiger partial charge on any atom is 0.280 e. The Balaban J connectivity index is 1.47. The maximum atomic E-state index is 13.5. The van der Waals surface area contributed by atoms with Crippen molar-refractivity contribution in [3.63, 3.8) is 0 Å². The van der Waals surface area contributed by atoms with Gasteiger partial charge in [-0.05, 0) is 62.8 Å². The van der Waals surface area contributed by atoms with Gasteiger partial charge in [0, 0.05) is 34.2 Å². The fraction of sp³-hybridized carbons (Fsp3) is 0.370. The zero-order valence-corrected chi connectivity index (χ0v) is 21.9. The molecule has 0 radical (unpaired) electrons. The van der Waals surface area contributed by atoms with Crippen LogP contribution in [0, 0.1) is 23.7 Å². The highest BCUT2D eigenvalue weighted by Crippen LogP contribution is 2.39. The third kappa shape index (κ3) is 6.21. The molecular formula is C27H25F2N5O4S. The van der Waals surface area contributed by atoms with Gasteiger partial charge >= 0.3 is 0 Å². The summed E-state index contributed by atoms with van der Waals surface area (Å²) in [5.74, 6) is 5.39. The number of aromatic nitrogens is 3. The minimum absolute atomic E-state index is 0.130. The molecule has 0 bridgehead atoms. The monoisotopic (exact) mass is 553 g/mol. The molecule has 2 aliphatic carbocycles. The van der Waals surface area contributed by atoms with Crippen molar-refractivity contribution >= 4 is 34.0 Å². The molecule has 0 unspecified atom stereocenters. The molecule has 2 aliphatic rings. The number of methoxy groups -OCH3 is 1. The normalized spacial score (nSPS) is 20.0. The van der Waals surface area contributed by atoms with Gasteiger partial charge in [0.25, 0.3) is 12.3 Å². The maximum absolute atomic E-state index is 13.5. The van der Waals surface area contributed by atoms with Crippen molar-refractivity contribution in [2.75, 3.05) is 17.7 Å². The van der Waals surface area contributed by atoms with Crippen LogP contribution in [0.15, 0.2) is 30.5 Å². The van der Waals surface area contributed by atoms with Crippen molar-refractivity contribution < 1.29 is 28.2 Å². The van der Waals surface area contributed by atoms with E-state index >= 15 is 0 Å². The lowest BCUT2D eigenvalue weighted by Crippen LogP contribution is -2.46. The molecule has 3 aromatic rings. The van der Waals surface area contributed by atoms with Crippen LogP contribution in [0.2, 0.25) is 0 Å². The molecule has 12 heteroatoms. The highest BCUT2D eigenvalue weighted by Gasteiger charge is 2.42. The number of amides is 2. The van der Waals surface area contributed by atoms with Crippen LogP contribution in [0.4, 0.5) is 19.6 Å². The van der Waals surface area contributed by atoms with Gasteiger partial charge in [-0.25, -0.2) is 8.78 Å². The van der Waals surface area contributed by atoms with Gasteiger partial charge in [-0.3, -0.25) is 19.9 Å². The number of nitrogens with one attached hydrogen (secondary N) is 2. The van der Waals surface area contributed by atoms with E-state index in [1.165, 1.54) is 19.2 Å². The Morgan fingerprint density at radius 1 is 1.18 bits per heavy atom. The Bertz CT molecular complexity index is 1480. The van der Waals surface area contributed by atoms with Crippen molar-refractivity contribution in [1.82, 2.24) is 15.2 Å². The van der Waals surface area contributed by atoms with Crippen molar-refractivity contribution in [2.45, 2.75) is 44.6 Å². The average molecular weight is 554 g/mol. The van der Waals surface area contributed by atoms with Crippen LogP contribution in [0.1, 0.15) is 60.1 Å². The molecule has 2 aromatic heterocycles. The number of hydrogen-bond acceptors (Lipinski definition) is 8. The number of carbonyl (C=O) groups is 2. The Morgan fingerprint density at radius 2 is 1.95 bits per heavy atom. The number of alkyl halides is 2. The first-order valence-corrected chi connectivity index (χ1v) is 13.1. The highest BCUT2D eigenvalue weighted by molar-refractivity contribution is 7.15. The molecule has 3 N–H and O–H groups in total. The van der Waals surface area contributed by atoms with Gasteiger partial charge in [-0.2, -0.15) is 0 Å². The largest absolute Gasteiger partial charge is 0.494 e. The summed E-state index contributed by atoms with van der Waals surface area (Å²) in [5, 5.41) is 24.1. The number of nitrogens with zero attached hydrogens (tertiary/aromatic N) is 3. The number of carbonyl (C=O) groups excluding carboxylic acids is 2. The first-order valence-electron chi connectivity index (χ1n) is 12.3. The van der Waals surface area contributed by atoms with Crippen molar-refractivity contribution in [2.24, 2.45) is 11.8 Å². The SMILES string of the molecule is COc1cnc(C(F)F)cc1-c1cc(NC(=O)C2CC(C)(O)C2)ccc1C(=O)Nc1nnc(C#CC2CC2)s1. The second-order valence-electron chi connectivity index (χ2n) is 9.87. The smallest absolute Gasteiger partial charge is 0.280 e.